The van der Waals surface area contributed by atoms with Crippen molar-refractivity contribution in [2.75, 3.05) is 17.4 Å². The Morgan fingerprint density at radius 3 is 2.09 bits per heavy atom. The number of aryl methyl sites for hydroxylation is 2. The van der Waals surface area contributed by atoms with Crippen LogP contribution in [0.2, 0.25) is 0 Å². The van der Waals surface area contributed by atoms with Gasteiger partial charge >= 0.3 is 0 Å². The first-order valence-corrected chi connectivity index (χ1v) is 16.3. The molecule has 9 heteroatoms. The Hall–Kier alpha value is -3.95. The highest BCUT2D eigenvalue weighted by Crippen LogP contribution is 2.27. The molecule has 224 valence electrons. The molecule has 1 unspecified atom stereocenters. The van der Waals surface area contributed by atoms with Gasteiger partial charge < -0.3 is 10.2 Å². The van der Waals surface area contributed by atoms with E-state index in [4.69, 9.17) is 0 Å². The zero-order chi connectivity index (χ0) is 31.0. The largest absolute Gasteiger partial charge is 0.355 e. The second-order valence-electron chi connectivity index (χ2n) is 10.3. The molecule has 0 heterocycles. The summed E-state index contributed by atoms with van der Waals surface area (Å²) in [6.07, 6.45) is 0.265. The lowest BCUT2D eigenvalue weighted by Gasteiger charge is -2.34. The molecule has 0 fully saturated rings. The SMILES string of the molecule is CCNC(=O)C(Cc1ccccc1)N(Cc1cccc(Br)c1)C(=O)CN(c1ccc(C)c(C)c1)S(=O)(=O)c1ccccc1. The Morgan fingerprint density at radius 1 is 0.814 bits per heavy atom. The lowest BCUT2D eigenvalue weighted by Crippen LogP contribution is -2.53. The van der Waals surface area contributed by atoms with E-state index in [2.05, 4.69) is 21.2 Å². The molecule has 0 aliphatic rings. The number of hydrogen-bond donors (Lipinski definition) is 1. The second kappa shape index (κ2) is 14.5. The first-order chi connectivity index (χ1) is 20.6. The van der Waals surface area contributed by atoms with Crippen LogP contribution in [0.15, 0.2) is 112 Å². The number of hydrogen-bond acceptors (Lipinski definition) is 4. The normalized spacial score (nSPS) is 11.9. The highest BCUT2D eigenvalue weighted by molar-refractivity contribution is 9.10. The number of likely N-dealkylation sites (N-methyl/N-ethyl adjacent to an activating group) is 1. The maximum absolute atomic E-state index is 14.4. The zero-order valence-corrected chi connectivity index (χ0v) is 26.9. The summed E-state index contributed by atoms with van der Waals surface area (Å²) in [5, 5.41) is 2.88. The molecular weight excluding hydrogens is 626 g/mol. The quantitative estimate of drug-likeness (QED) is 0.201. The first kappa shape index (κ1) is 32.0. The van der Waals surface area contributed by atoms with E-state index < -0.39 is 28.5 Å². The third kappa shape index (κ3) is 8.12. The highest BCUT2D eigenvalue weighted by Gasteiger charge is 2.34. The molecule has 0 aliphatic carbocycles. The third-order valence-corrected chi connectivity index (χ3v) is 9.53. The maximum Gasteiger partial charge on any atom is 0.264 e. The van der Waals surface area contributed by atoms with Crippen molar-refractivity contribution < 1.29 is 18.0 Å². The molecule has 4 rings (SSSR count). The van der Waals surface area contributed by atoms with Crippen molar-refractivity contribution >= 4 is 43.5 Å². The molecule has 1 N–H and O–H groups in total. The van der Waals surface area contributed by atoms with Crippen LogP contribution in [0, 0.1) is 13.8 Å². The topological polar surface area (TPSA) is 86.8 Å². The molecule has 0 radical (unpaired) electrons. The number of anilines is 1. The van der Waals surface area contributed by atoms with Gasteiger partial charge in [0.2, 0.25) is 11.8 Å². The van der Waals surface area contributed by atoms with Crippen molar-refractivity contribution in [1.29, 1.82) is 0 Å². The maximum atomic E-state index is 14.4. The predicted molar refractivity (Wildman–Crippen MR) is 174 cm³/mol. The lowest BCUT2D eigenvalue weighted by molar-refractivity contribution is -0.140. The Kier molecular flexibility index (Phi) is 10.8. The molecule has 4 aromatic rings. The summed E-state index contributed by atoms with van der Waals surface area (Å²) in [5.74, 6) is -0.803. The van der Waals surface area contributed by atoms with Crippen LogP contribution in [0.4, 0.5) is 5.69 Å². The number of carbonyl (C=O) groups excluding carboxylic acids is 2. The summed E-state index contributed by atoms with van der Waals surface area (Å²) in [6, 6.07) is 29.5. The van der Waals surface area contributed by atoms with Crippen LogP contribution in [0.3, 0.4) is 0 Å². The molecular formula is C34H36BrN3O4S. The summed E-state index contributed by atoms with van der Waals surface area (Å²) in [5.41, 5.74) is 3.96. The van der Waals surface area contributed by atoms with E-state index in [1.165, 1.54) is 17.0 Å². The van der Waals surface area contributed by atoms with Crippen molar-refractivity contribution in [2.45, 2.75) is 44.7 Å². The molecule has 0 bridgehead atoms. The minimum absolute atomic E-state index is 0.0733. The van der Waals surface area contributed by atoms with E-state index in [0.717, 1.165) is 31.0 Å². The number of halogens is 1. The first-order valence-electron chi connectivity index (χ1n) is 14.1. The van der Waals surface area contributed by atoms with Crippen LogP contribution in [0.1, 0.15) is 29.2 Å². The van der Waals surface area contributed by atoms with Crippen molar-refractivity contribution in [1.82, 2.24) is 10.2 Å². The number of amides is 2. The number of sulfonamides is 1. The molecule has 1 atom stereocenters. The predicted octanol–water partition coefficient (Wildman–Crippen LogP) is 6.04. The van der Waals surface area contributed by atoms with Gasteiger partial charge in [0.1, 0.15) is 12.6 Å². The Morgan fingerprint density at radius 2 is 1.47 bits per heavy atom. The lowest BCUT2D eigenvalue weighted by atomic mass is 10.0. The van der Waals surface area contributed by atoms with Crippen LogP contribution >= 0.6 is 15.9 Å². The number of nitrogens with zero attached hydrogens (tertiary/aromatic N) is 2. The standard InChI is InChI=1S/C34H36BrN3O4S/c1-4-36-34(40)32(22-27-12-7-5-8-13-27)37(23-28-14-11-15-29(35)21-28)33(39)24-38(30-19-18-25(2)26(3)20-30)43(41,42)31-16-9-6-10-17-31/h5-21,32H,4,22-24H2,1-3H3,(H,36,40). The third-order valence-electron chi connectivity index (χ3n) is 7.25. The van der Waals surface area contributed by atoms with Gasteiger partial charge in [0.05, 0.1) is 10.6 Å². The minimum Gasteiger partial charge on any atom is -0.355 e. The number of carbonyl (C=O) groups is 2. The van der Waals surface area contributed by atoms with Gasteiger partial charge in [-0.2, -0.15) is 0 Å². The van der Waals surface area contributed by atoms with Crippen molar-refractivity contribution in [2.24, 2.45) is 0 Å². The van der Waals surface area contributed by atoms with E-state index in [0.29, 0.717) is 12.2 Å². The van der Waals surface area contributed by atoms with Gasteiger partial charge in [0.25, 0.3) is 10.0 Å². The summed E-state index contributed by atoms with van der Waals surface area (Å²) < 4.78 is 30.1. The van der Waals surface area contributed by atoms with Crippen LogP contribution in [0.25, 0.3) is 0 Å². The number of benzene rings is 4. The van der Waals surface area contributed by atoms with Crippen LogP contribution in [-0.2, 0) is 32.6 Å². The molecule has 43 heavy (non-hydrogen) atoms. The minimum atomic E-state index is -4.13. The van der Waals surface area contributed by atoms with Gasteiger partial charge in [0.15, 0.2) is 0 Å². The number of nitrogens with one attached hydrogen (secondary N) is 1. The fourth-order valence-electron chi connectivity index (χ4n) is 4.81. The monoisotopic (exact) mass is 661 g/mol. The van der Waals surface area contributed by atoms with Crippen molar-refractivity contribution in [3.05, 3.63) is 130 Å². The number of rotatable bonds is 12. The second-order valence-corrected chi connectivity index (χ2v) is 13.1. The van der Waals surface area contributed by atoms with E-state index in [1.807, 2.05) is 81.4 Å². The van der Waals surface area contributed by atoms with Crippen molar-refractivity contribution in [3.8, 4) is 0 Å². The van der Waals surface area contributed by atoms with Gasteiger partial charge in [-0.3, -0.25) is 13.9 Å². The molecule has 0 aromatic heterocycles. The molecule has 4 aromatic carbocycles. The van der Waals surface area contributed by atoms with Crippen LogP contribution < -0.4 is 9.62 Å². The van der Waals surface area contributed by atoms with Crippen molar-refractivity contribution in [3.63, 3.8) is 0 Å². The summed E-state index contributed by atoms with van der Waals surface area (Å²) >= 11 is 3.50. The fraction of sp³-hybridized carbons (Fsp3) is 0.235. The zero-order valence-electron chi connectivity index (χ0n) is 24.5. The molecule has 0 aliphatic heterocycles. The van der Waals surface area contributed by atoms with E-state index in [9.17, 15) is 18.0 Å². The molecule has 0 spiro atoms. The Balaban J connectivity index is 1.81. The average Bonchev–Trinajstić information content (AvgIpc) is 3.00. The van der Waals surface area contributed by atoms with Gasteiger partial charge in [-0.25, -0.2) is 8.42 Å². The molecule has 2 amide bonds. The van der Waals surface area contributed by atoms with Gasteiger partial charge in [0, 0.05) is 24.0 Å². The van der Waals surface area contributed by atoms with E-state index in [1.54, 1.807) is 30.3 Å². The van der Waals surface area contributed by atoms with Crippen LogP contribution in [-0.4, -0.2) is 44.3 Å². The fourth-order valence-corrected chi connectivity index (χ4v) is 6.68. The molecule has 7 nitrogen and oxygen atoms in total. The van der Waals surface area contributed by atoms with Crippen LogP contribution in [0.5, 0.6) is 0 Å². The molecule has 0 saturated heterocycles. The summed E-state index contributed by atoms with van der Waals surface area (Å²) in [6.45, 7) is 5.68. The smallest absolute Gasteiger partial charge is 0.264 e. The van der Waals surface area contributed by atoms with Gasteiger partial charge in [-0.15, -0.1) is 0 Å². The Bertz CT molecular complexity index is 1660. The molecule has 0 saturated carbocycles. The summed E-state index contributed by atoms with van der Waals surface area (Å²) in [7, 11) is -4.13. The van der Waals surface area contributed by atoms with Gasteiger partial charge in [-0.05, 0) is 79.4 Å². The average molecular weight is 663 g/mol. The van der Waals surface area contributed by atoms with E-state index >= 15 is 0 Å². The highest BCUT2D eigenvalue weighted by atomic mass is 79.9. The summed E-state index contributed by atoms with van der Waals surface area (Å²) in [4.78, 5) is 29.5. The Labute approximate surface area is 262 Å². The van der Waals surface area contributed by atoms with Gasteiger partial charge in [-0.1, -0.05) is 82.7 Å². The van der Waals surface area contributed by atoms with E-state index in [-0.39, 0.29) is 23.8 Å².